The van der Waals surface area contributed by atoms with E-state index in [1.165, 1.54) is 6.42 Å². The van der Waals surface area contributed by atoms with Gasteiger partial charge in [-0.05, 0) is 82.3 Å². The topological polar surface area (TPSA) is 82.5 Å². The summed E-state index contributed by atoms with van der Waals surface area (Å²) in [5.74, 6) is 1.19. The number of aliphatic hydroxyl groups is 1. The molecule has 0 spiro atoms. The highest BCUT2D eigenvalue weighted by atomic mass is 16.3. The molecule has 6 rings (SSSR count). The molecule has 29 heavy (non-hydrogen) atoms. The molecule has 2 unspecified atom stereocenters. The van der Waals surface area contributed by atoms with E-state index in [0.717, 1.165) is 37.8 Å². The summed E-state index contributed by atoms with van der Waals surface area (Å²) in [6.45, 7) is 3.21. The van der Waals surface area contributed by atoms with Crippen LogP contribution in [-0.4, -0.2) is 51.5 Å². The molecule has 4 bridgehead atoms. The first-order chi connectivity index (χ1) is 13.9. The highest BCUT2D eigenvalue weighted by Gasteiger charge is 2.61. The standard InChI is InChI=1S/C23H31N3O3/c1-15-3-2-4-19(24-15)20(28)25-23-12-16-9-17(13-23)11-22(10-16,14-23)21(29)26-7-5-18(27)6-8-26/h2-4,16-18,27H,5-14H2,1H3,(H,25,28). The number of nitrogens with zero attached hydrogens (tertiary/aromatic N) is 2. The van der Waals surface area contributed by atoms with Crippen LogP contribution in [0.15, 0.2) is 18.2 Å². The molecule has 2 heterocycles. The Labute approximate surface area is 172 Å². The molecule has 5 aliphatic rings. The van der Waals surface area contributed by atoms with Crippen molar-refractivity contribution in [1.82, 2.24) is 15.2 Å². The van der Waals surface area contributed by atoms with Crippen molar-refractivity contribution in [3.8, 4) is 0 Å². The summed E-state index contributed by atoms with van der Waals surface area (Å²) in [5.41, 5.74) is 0.685. The van der Waals surface area contributed by atoms with Crippen LogP contribution in [0.3, 0.4) is 0 Å². The number of amides is 2. The van der Waals surface area contributed by atoms with Gasteiger partial charge in [-0.15, -0.1) is 0 Å². The Hall–Kier alpha value is -1.95. The van der Waals surface area contributed by atoms with Gasteiger partial charge in [-0.3, -0.25) is 9.59 Å². The summed E-state index contributed by atoms with van der Waals surface area (Å²) in [4.78, 5) is 33.0. The molecule has 2 amide bonds. The van der Waals surface area contributed by atoms with Gasteiger partial charge in [0.25, 0.3) is 5.91 Å². The van der Waals surface area contributed by atoms with Crippen LogP contribution in [0.1, 0.15) is 67.5 Å². The predicted octanol–water partition coefficient (Wildman–Crippen LogP) is 2.44. The fraction of sp³-hybridized carbons (Fsp3) is 0.696. The lowest BCUT2D eigenvalue weighted by molar-refractivity contribution is -0.162. The van der Waals surface area contributed by atoms with Crippen LogP contribution in [0.25, 0.3) is 0 Å². The van der Waals surface area contributed by atoms with Gasteiger partial charge < -0.3 is 15.3 Å². The maximum atomic E-state index is 13.6. The number of aromatic nitrogens is 1. The first kappa shape index (κ1) is 19.0. The lowest BCUT2D eigenvalue weighted by Crippen LogP contribution is -2.66. The van der Waals surface area contributed by atoms with Crippen molar-refractivity contribution in [2.45, 2.75) is 69.9 Å². The van der Waals surface area contributed by atoms with Gasteiger partial charge in [0, 0.05) is 24.3 Å². The molecule has 1 aromatic rings. The first-order valence-corrected chi connectivity index (χ1v) is 11.1. The number of piperidine rings is 1. The van der Waals surface area contributed by atoms with E-state index < -0.39 is 0 Å². The Kier molecular flexibility index (Phi) is 4.46. The van der Waals surface area contributed by atoms with Crippen molar-refractivity contribution in [3.63, 3.8) is 0 Å². The van der Waals surface area contributed by atoms with Gasteiger partial charge in [0.1, 0.15) is 5.69 Å². The minimum atomic E-state index is -0.334. The summed E-state index contributed by atoms with van der Waals surface area (Å²) in [6, 6.07) is 5.53. The third-order valence-electron chi connectivity index (χ3n) is 7.77. The predicted molar refractivity (Wildman–Crippen MR) is 108 cm³/mol. The van der Waals surface area contributed by atoms with Crippen LogP contribution in [-0.2, 0) is 4.79 Å². The lowest BCUT2D eigenvalue weighted by atomic mass is 9.46. The van der Waals surface area contributed by atoms with Crippen LogP contribution in [0.4, 0.5) is 0 Å². The first-order valence-electron chi connectivity index (χ1n) is 11.1. The average Bonchev–Trinajstić information content (AvgIpc) is 2.66. The van der Waals surface area contributed by atoms with E-state index in [1.54, 1.807) is 6.07 Å². The van der Waals surface area contributed by atoms with Crippen molar-refractivity contribution >= 4 is 11.8 Å². The second kappa shape index (κ2) is 6.79. The summed E-state index contributed by atoms with van der Waals surface area (Å²) >= 11 is 0. The molecule has 156 valence electrons. The van der Waals surface area contributed by atoms with Crippen molar-refractivity contribution in [3.05, 3.63) is 29.6 Å². The Balaban J connectivity index is 1.38. The molecule has 1 aliphatic heterocycles. The quantitative estimate of drug-likeness (QED) is 0.821. The van der Waals surface area contributed by atoms with Gasteiger partial charge in [-0.1, -0.05) is 6.07 Å². The largest absolute Gasteiger partial charge is 0.393 e. The van der Waals surface area contributed by atoms with E-state index in [4.69, 9.17) is 0 Å². The zero-order valence-corrected chi connectivity index (χ0v) is 17.2. The molecule has 6 heteroatoms. The smallest absolute Gasteiger partial charge is 0.270 e. The van der Waals surface area contributed by atoms with Crippen LogP contribution in [0, 0.1) is 24.2 Å². The number of pyridine rings is 1. The van der Waals surface area contributed by atoms with Crippen LogP contribution in [0.5, 0.6) is 0 Å². The van der Waals surface area contributed by atoms with Crippen molar-refractivity contribution in [2.75, 3.05) is 13.1 Å². The van der Waals surface area contributed by atoms with Crippen LogP contribution >= 0.6 is 0 Å². The summed E-state index contributed by atoms with van der Waals surface area (Å²) in [7, 11) is 0. The summed E-state index contributed by atoms with van der Waals surface area (Å²) < 4.78 is 0. The highest BCUT2D eigenvalue weighted by Crippen LogP contribution is 2.62. The maximum Gasteiger partial charge on any atom is 0.270 e. The number of hydrogen-bond acceptors (Lipinski definition) is 4. The molecule has 1 saturated heterocycles. The number of aryl methyl sites for hydroxylation is 1. The third-order valence-corrected chi connectivity index (χ3v) is 7.77. The summed E-state index contributed by atoms with van der Waals surface area (Å²) in [6.07, 6.45) is 6.90. The molecular weight excluding hydrogens is 366 g/mol. The second-order valence-electron chi connectivity index (χ2n) is 10.2. The lowest BCUT2D eigenvalue weighted by Gasteiger charge is -2.62. The fourth-order valence-electron chi connectivity index (χ4n) is 7.04. The zero-order valence-electron chi connectivity index (χ0n) is 17.2. The van der Waals surface area contributed by atoms with E-state index in [9.17, 15) is 14.7 Å². The van der Waals surface area contributed by atoms with Gasteiger partial charge in [-0.25, -0.2) is 4.98 Å². The zero-order chi connectivity index (χ0) is 20.2. The molecule has 2 atom stereocenters. The number of carbonyl (C=O) groups excluding carboxylic acids is 2. The van der Waals surface area contributed by atoms with E-state index in [1.807, 2.05) is 24.0 Å². The normalized spacial score (nSPS) is 36.3. The van der Waals surface area contributed by atoms with Crippen LogP contribution < -0.4 is 5.32 Å². The molecule has 4 saturated carbocycles. The van der Waals surface area contributed by atoms with E-state index in [0.29, 0.717) is 43.5 Å². The van der Waals surface area contributed by atoms with Gasteiger partial charge in [0.05, 0.1) is 11.5 Å². The van der Waals surface area contributed by atoms with Crippen molar-refractivity contribution in [1.29, 1.82) is 0 Å². The minimum absolute atomic E-state index is 0.112. The number of carbonyl (C=O) groups is 2. The molecule has 5 fully saturated rings. The second-order valence-corrected chi connectivity index (χ2v) is 10.2. The Morgan fingerprint density at radius 3 is 2.48 bits per heavy atom. The Bertz CT molecular complexity index is 816. The number of nitrogens with one attached hydrogen (secondary N) is 1. The van der Waals surface area contributed by atoms with Crippen LogP contribution in [0.2, 0.25) is 0 Å². The van der Waals surface area contributed by atoms with Gasteiger partial charge in [0.2, 0.25) is 5.91 Å². The minimum Gasteiger partial charge on any atom is -0.393 e. The number of hydrogen-bond donors (Lipinski definition) is 2. The molecule has 1 aromatic heterocycles. The maximum absolute atomic E-state index is 13.6. The molecule has 6 nitrogen and oxygen atoms in total. The Morgan fingerprint density at radius 2 is 1.83 bits per heavy atom. The molecule has 0 aromatic carbocycles. The SMILES string of the molecule is Cc1cccc(C(=O)NC23CC4CC(C2)CC(C(=O)N2CCC(O)CC2)(C4)C3)n1. The molecule has 0 radical (unpaired) electrons. The van der Waals surface area contributed by atoms with E-state index >= 15 is 0 Å². The highest BCUT2D eigenvalue weighted by molar-refractivity contribution is 5.93. The van der Waals surface area contributed by atoms with Crippen molar-refractivity contribution in [2.24, 2.45) is 17.3 Å². The fourth-order valence-corrected chi connectivity index (χ4v) is 7.04. The number of likely N-dealkylation sites (tertiary alicyclic amines) is 1. The van der Waals surface area contributed by atoms with E-state index in [-0.39, 0.29) is 28.9 Å². The van der Waals surface area contributed by atoms with Gasteiger partial charge in [-0.2, -0.15) is 0 Å². The monoisotopic (exact) mass is 397 g/mol. The van der Waals surface area contributed by atoms with Gasteiger partial charge in [0.15, 0.2) is 0 Å². The number of aliphatic hydroxyl groups excluding tert-OH is 1. The Morgan fingerprint density at radius 1 is 1.14 bits per heavy atom. The molecule has 2 N–H and O–H groups in total. The van der Waals surface area contributed by atoms with E-state index in [2.05, 4.69) is 10.3 Å². The summed E-state index contributed by atoms with van der Waals surface area (Å²) in [5, 5.41) is 13.2. The number of rotatable bonds is 3. The third kappa shape index (κ3) is 3.35. The molecule has 4 aliphatic carbocycles. The van der Waals surface area contributed by atoms with Gasteiger partial charge >= 0.3 is 0 Å². The average molecular weight is 398 g/mol. The van der Waals surface area contributed by atoms with Crippen molar-refractivity contribution < 1.29 is 14.7 Å². The molecular formula is C23H31N3O3.